The summed E-state index contributed by atoms with van der Waals surface area (Å²) in [6, 6.07) is 14.6. The Bertz CT molecular complexity index is 946. The first-order chi connectivity index (χ1) is 13.5. The van der Waals surface area contributed by atoms with Gasteiger partial charge in [0.2, 0.25) is 5.82 Å². The average molecular weight is 380 g/mol. The van der Waals surface area contributed by atoms with E-state index in [-0.39, 0.29) is 19.2 Å². The third kappa shape index (κ3) is 5.03. The summed E-state index contributed by atoms with van der Waals surface area (Å²) >= 11 is 0. The Morgan fingerprint density at radius 2 is 1.57 bits per heavy atom. The molecule has 0 radical (unpaired) electrons. The average Bonchev–Trinajstić information content (AvgIpc) is 3.18. The number of rotatable bonds is 7. The number of aromatic nitrogens is 2. The van der Waals surface area contributed by atoms with Crippen molar-refractivity contribution < 1.29 is 23.6 Å². The van der Waals surface area contributed by atoms with Crippen LogP contribution in [0.25, 0.3) is 22.8 Å². The molecule has 3 rings (SSSR count). The SMILES string of the molecule is CC(=O)OCCCOC(=O)c1ccc(-c2nc(-c3ccc(C)cc3)no2)cc1. The quantitative estimate of drug-likeness (QED) is 0.454. The molecule has 0 aliphatic heterocycles. The van der Waals surface area contributed by atoms with Crippen LogP contribution in [0.2, 0.25) is 0 Å². The van der Waals surface area contributed by atoms with Crippen molar-refractivity contribution in [1.82, 2.24) is 10.1 Å². The molecule has 0 spiro atoms. The van der Waals surface area contributed by atoms with Crippen LogP contribution < -0.4 is 0 Å². The monoisotopic (exact) mass is 380 g/mol. The van der Waals surface area contributed by atoms with Crippen molar-refractivity contribution >= 4 is 11.9 Å². The Labute approximate surface area is 162 Å². The highest BCUT2D eigenvalue weighted by Gasteiger charge is 2.12. The lowest BCUT2D eigenvalue weighted by Gasteiger charge is -2.05. The fourth-order valence-corrected chi connectivity index (χ4v) is 2.43. The van der Waals surface area contributed by atoms with Crippen molar-refractivity contribution in [3.8, 4) is 22.8 Å². The lowest BCUT2D eigenvalue weighted by atomic mass is 10.1. The smallest absolute Gasteiger partial charge is 0.338 e. The maximum absolute atomic E-state index is 12.0. The second-order valence-electron chi connectivity index (χ2n) is 6.20. The lowest BCUT2D eigenvalue weighted by Crippen LogP contribution is -2.09. The van der Waals surface area contributed by atoms with Crippen LogP contribution in [-0.4, -0.2) is 35.3 Å². The van der Waals surface area contributed by atoms with E-state index in [9.17, 15) is 9.59 Å². The zero-order valence-electron chi connectivity index (χ0n) is 15.7. The number of aryl methyl sites for hydroxylation is 1. The number of benzene rings is 2. The van der Waals surface area contributed by atoms with Crippen LogP contribution in [0.15, 0.2) is 53.1 Å². The van der Waals surface area contributed by atoms with Crippen molar-refractivity contribution in [2.75, 3.05) is 13.2 Å². The third-order valence-corrected chi connectivity index (χ3v) is 3.93. The van der Waals surface area contributed by atoms with Gasteiger partial charge < -0.3 is 14.0 Å². The molecule has 1 heterocycles. The van der Waals surface area contributed by atoms with E-state index in [1.165, 1.54) is 6.92 Å². The second-order valence-corrected chi connectivity index (χ2v) is 6.20. The standard InChI is InChI=1S/C21H20N2O5/c1-14-4-6-16(7-5-14)19-22-20(28-23-19)17-8-10-18(11-9-17)21(25)27-13-3-12-26-15(2)24/h4-11H,3,12-13H2,1-2H3. The first-order valence-corrected chi connectivity index (χ1v) is 8.84. The number of hydrogen-bond acceptors (Lipinski definition) is 7. The molecule has 0 N–H and O–H groups in total. The molecule has 0 saturated carbocycles. The zero-order chi connectivity index (χ0) is 19.9. The Kier molecular flexibility index (Phi) is 6.16. The maximum atomic E-state index is 12.0. The van der Waals surface area contributed by atoms with Gasteiger partial charge in [-0.1, -0.05) is 35.0 Å². The molecule has 2 aromatic carbocycles. The number of carbonyl (C=O) groups is 2. The molecule has 7 heteroatoms. The fourth-order valence-electron chi connectivity index (χ4n) is 2.43. The molecule has 0 unspecified atom stereocenters. The van der Waals surface area contributed by atoms with Gasteiger partial charge in [0.05, 0.1) is 18.8 Å². The molecule has 0 aliphatic carbocycles. The summed E-state index contributed by atoms with van der Waals surface area (Å²) in [7, 11) is 0. The number of esters is 2. The molecule has 3 aromatic rings. The van der Waals surface area contributed by atoms with E-state index in [2.05, 4.69) is 10.1 Å². The fraction of sp³-hybridized carbons (Fsp3) is 0.238. The third-order valence-electron chi connectivity index (χ3n) is 3.93. The number of nitrogens with zero attached hydrogens (tertiary/aromatic N) is 2. The Morgan fingerprint density at radius 3 is 2.25 bits per heavy atom. The van der Waals surface area contributed by atoms with Gasteiger partial charge in [0, 0.05) is 24.5 Å². The molecule has 7 nitrogen and oxygen atoms in total. The van der Waals surface area contributed by atoms with Crippen molar-refractivity contribution in [2.45, 2.75) is 20.3 Å². The minimum absolute atomic E-state index is 0.178. The van der Waals surface area contributed by atoms with Crippen molar-refractivity contribution in [3.63, 3.8) is 0 Å². The molecule has 0 bridgehead atoms. The van der Waals surface area contributed by atoms with Crippen LogP contribution in [0.5, 0.6) is 0 Å². The van der Waals surface area contributed by atoms with Crippen molar-refractivity contribution in [3.05, 3.63) is 59.7 Å². The molecule has 0 amide bonds. The molecule has 0 saturated heterocycles. The van der Waals surface area contributed by atoms with Crippen LogP contribution in [0.1, 0.15) is 29.3 Å². The van der Waals surface area contributed by atoms with Gasteiger partial charge in [-0.25, -0.2) is 4.79 Å². The van der Waals surface area contributed by atoms with Crippen LogP contribution in [0, 0.1) is 6.92 Å². The Hall–Kier alpha value is -3.48. The normalized spacial score (nSPS) is 10.5. The van der Waals surface area contributed by atoms with Crippen LogP contribution in [-0.2, 0) is 14.3 Å². The highest BCUT2D eigenvalue weighted by molar-refractivity contribution is 5.89. The first-order valence-electron chi connectivity index (χ1n) is 8.84. The van der Waals surface area contributed by atoms with Gasteiger partial charge in [-0.2, -0.15) is 4.98 Å². The predicted molar refractivity (Wildman–Crippen MR) is 101 cm³/mol. The summed E-state index contributed by atoms with van der Waals surface area (Å²) in [6.45, 7) is 3.75. The number of hydrogen-bond donors (Lipinski definition) is 0. The van der Waals surface area contributed by atoms with Gasteiger partial charge in [0.1, 0.15) is 0 Å². The van der Waals surface area contributed by atoms with E-state index in [4.69, 9.17) is 14.0 Å². The van der Waals surface area contributed by atoms with Gasteiger partial charge in [0.15, 0.2) is 0 Å². The number of carbonyl (C=O) groups excluding carboxylic acids is 2. The van der Waals surface area contributed by atoms with Gasteiger partial charge in [0.25, 0.3) is 5.89 Å². The van der Waals surface area contributed by atoms with E-state index in [0.29, 0.717) is 29.3 Å². The van der Waals surface area contributed by atoms with Crippen LogP contribution >= 0.6 is 0 Å². The van der Waals surface area contributed by atoms with E-state index in [1.807, 2.05) is 31.2 Å². The Morgan fingerprint density at radius 1 is 0.929 bits per heavy atom. The van der Waals surface area contributed by atoms with Gasteiger partial charge in [-0.3, -0.25) is 4.79 Å². The molecule has 1 aromatic heterocycles. The molecule has 0 aliphatic rings. The summed E-state index contributed by atoms with van der Waals surface area (Å²) in [5.74, 6) is 0.0804. The van der Waals surface area contributed by atoms with Gasteiger partial charge in [-0.05, 0) is 31.2 Å². The summed E-state index contributed by atoms with van der Waals surface area (Å²) in [5.41, 5.74) is 3.14. The topological polar surface area (TPSA) is 91.5 Å². The van der Waals surface area contributed by atoms with Crippen molar-refractivity contribution in [1.29, 1.82) is 0 Å². The van der Waals surface area contributed by atoms with Crippen LogP contribution in [0.4, 0.5) is 0 Å². The van der Waals surface area contributed by atoms with Gasteiger partial charge >= 0.3 is 11.9 Å². The first kappa shape index (κ1) is 19.3. The van der Waals surface area contributed by atoms with E-state index >= 15 is 0 Å². The lowest BCUT2D eigenvalue weighted by molar-refractivity contribution is -0.141. The molecule has 28 heavy (non-hydrogen) atoms. The van der Waals surface area contributed by atoms with Gasteiger partial charge in [-0.15, -0.1) is 0 Å². The van der Waals surface area contributed by atoms with Crippen molar-refractivity contribution in [2.24, 2.45) is 0 Å². The zero-order valence-corrected chi connectivity index (χ0v) is 15.7. The summed E-state index contributed by atoms with van der Waals surface area (Å²) < 4.78 is 15.3. The molecular formula is C21H20N2O5. The molecule has 0 atom stereocenters. The minimum atomic E-state index is -0.444. The van der Waals surface area contributed by atoms with E-state index in [1.54, 1.807) is 24.3 Å². The summed E-state index contributed by atoms with van der Waals surface area (Å²) in [4.78, 5) is 27.1. The predicted octanol–water partition coefficient (Wildman–Crippen LogP) is 3.82. The van der Waals surface area contributed by atoms with E-state index < -0.39 is 5.97 Å². The summed E-state index contributed by atoms with van der Waals surface area (Å²) in [5, 5.41) is 4.01. The van der Waals surface area contributed by atoms with Crippen LogP contribution in [0.3, 0.4) is 0 Å². The molecule has 0 fully saturated rings. The largest absolute Gasteiger partial charge is 0.466 e. The summed E-state index contributed by atoms with van der Waals surface area (Å²) in [6.07, 6.45) is 0.452. The minimum Gasteiger partial charge on any atom is -0.466 e. The Balaban J connectivity index is 1.59. The molecule has 144 valence electrons. The highest BCUT2D eigenvalue weighted by atomic mass is 16.5. The maximum Gasteiger partial charge on any atom is 0.338 e. The van der Waals surface area contributed by atoms with E-state index in [0.717, 1.165) is 11.1 Å². The molecular weight excluding hydrogens is 360 g/mol. The highest BCUT2D eigenvalue weighted by Crippen LogP contribution is 2.23. The second kappa shape index (κ2) is 8.94. The number of ether oxygens (including phenoxy) is 2.